The van der Waals surface area contributed by atoms with Crippen LogP contribution in [0.5, 0.6) is 0 Å². The van der Waals surface area contributed by atoms with E-state index < -0.39 is 24.0 Å². The predicted octanol–water partition coefficient (Wildman–Crippen LogP) is 3.89. The highest BCUT2D eigenvalue weighted by Crippen LogP contribution is 2.13. The molecule has 0 saturated carbocycles. The maximum Gasteiger partial charge on any atom is 0.336 e. The van der Waals surface area contributed by atoms with Gasteiger partial charge in [-0.1, -0.05) is 84.1 Å². The fourth-order valence-electron chi connectivity index (χ4n) is 2.86. The predicted molar refractivity (Wildman–Crippen MR) is 101 cm³/mol. The number of carbonyl (C=O) groups is 2. The van der Waals surface area contributed by atoms with Crippen LogP contribution in [0.2, 0.25) is 0 Å². The summed E-state index contributed by atoms with van der Waals surface area (Å²) in [6.45, 7) is 5.62. The minimum absolute atomic E-state index is 0.393. The quantitative estimate of drug-likeness (QED) is 0.250. The van der Waals surface area contributed by atoms with Crippen molar-refractivity contribution in [2.75, 3.05) is 7.11 Å². The number of carbonyl (C=O) groups excluding carboxylic acids is 2. The van der Waals surface area contributed by atoms with E-state index in [-0.39, 0.29) is 0 Å². The van der Waals surface area contributed by atoms with Crippen LogP contribution in [0.25, 0.3) is 0 Å². The van der Waals surface area contributed by atoms with Crippen molar-refractivity contribution in [2.24, 2.45) is 0 Å². The number of methoxy groups -OCH3 is 1. The van der Waals surface area contributed by atoms with Gasteiger partial charge in [-0.25, -0.2) is 4.79 Å². The molecule has 2 N–H and O–H groups in total. The van der Waals surface area contributed by atoms with Crippen LogP contribution in [0.4, 0.5) is 0 Å². The lowest BCUT2D eigenvalue weighted by Gasteiger charge is -2.21. The first-order valence-electron chi connectivity index (χ1n) is 9.75. The molecule has 0 aliphatic heterocycles. The maximum atomic E-state index is 11.5. The van der Waals surface area contributed by atoms with E-state index in [4.69, 9.17) is 0 Å². The molecule has 0 fully saturated rings. The largest absolute Gasteiger partial charge is 0.467 e. The first-order valence-corrected chi connectivity index (χ1v) is 9.75. The van der Waals surface area contributed by atoms with E-state index in [0.717, 1.165) is 25.3 Å². The zero-order chi connectivity index (χ0) is 18.9. The second kappa shape index (κ2) is 16.1. The summed E-state index contributed by atoms with van der Waals surface area (Å²) in [7, 11) is 1.22. The lowest BCUT2D eigenvalue weighted by Crippen LogP contribution is -2.46. The molecule has 0 heterocycles. The molecule has 0 rings (SSSR count). The molecule has 2 atom stereocenters. The molecule has 2 unspecified atom stereocenters. The molecule has 0 aromatic heterocycles. The minimum atomic E-state index is -1.34. The highest BCUT2D eigenvalue weighted by molar-refractivity contribution is 5.88. The molecule has 1 amide bonds. The van der Waals surface area contributed by atoms with Crippen LogP contribution in [0.3, 0.4) is 0 Å². The third-order valence-electron chi connectivity index (χ3n) is 4.46. The van der Waals surface area contributed by atoms with E-state index in [1.165, 1.54) is 58.5 Å². The number of unbranched alkanes of at least 4 members (excludes halogenated alkanes) is 10. The summed E-state index contributed by atoms with van der Waals surface area (Å²) in [5.41, 5.74) is 0. The van der Waals surface area contributed by atoms with Crippen molar-refractivity contribution in [2.45, 2.75) is 96.1 Å². The van der Waals surface area contributed by atoms with Crippen molar-refractivity contribution in [3.8, 4) is 0 Å². The van der Waals surface area contributed by atoms with Crippen molar-refractivity contribution in [3.05, 3.63) is 12.7 Å². The molecule has 0 aromatic carbocycles. The molecule has 5 heteroatoms. The average Bonchev–Trinajstić information content (AvgIpc) is 2.63. The molecule has 25 heavy (non-hydrogen) atoms. The lowest BCUT2D eigenvalue weighted by molar-refractivity contribution is -0.152. The zero-order valence-electron chi connectivity index (χ0n) is 16.1. The molecule has 0 aliphatic carbocycles. The lowest BCUT2D eigenvalue weighted by atomic mass is 10.0. The molecular formula is C20H37NO4. The molecule has 146 valence electrons. The van der Waals surface area contributed by atoms with E-state index >= 15 is 0 Å². The van der Waals surface area contributed by atoms with Crippen LogP contribution in [-0.4, -0.2) is 36.2 Å². The van der Waals surface area contributed by atoms with Gasteiger partial charge in [0.25, 0.3) is 0 Å². The molecule has 5 nitrogen and oxygen atoms in total. The van der Waals surface area contributed by atoms with Gasteiger partial charge < -0.3 is 15.2 Å². The van der Waals surface area contributed by atoms with E-state index in [9.17, 15) is 14.7 Å². The number of aliphatic hydroxyl groups excluding tert-OH is 1. The van der Waals surface area contributed by atoms with Crippen LogP contribution < -0.4 is 5.32 Å². The van der Waals surface area contributed by atoms with E-state index in [1.807, 2.05) is 0 Å². The Bertz CT molecular complexity index is 371. The van der Waals surface area contributed by atoms with Gasteiger partial charge >= 0.3 is 5.97 Å². The number of ether oxygens (including phenoxy) is 1. The summed E-state index contributed by atoms with van der Waals surface area (Å²) in [5.74, 6) is -1.12. The molecular weight excluding hydrogens is 318 g/mol. The first-order chi connectivity index (χ1) is 12.1. The molecule has 0 aliphatic rings. The van der Waals surface area contributed by atoms with Crippen LogP contribution in [0.15, 0.2) is 12.7 Å². The second-order valence-electron chi connectivity index (χ2n) is 6.61. The highest BCUT2D eigenvalue weighted by atomic mass is 16.5. The zero-order valence-corrected chi connectivity index (χ0v) is 16.1. The van der Waals surface area contributed by atoms with Crippen molar-refractivity contribution in [1.82, 2.24) is 5.32 Å². The number of hydrogen-bond acceptors (Lipinski definition) is 4. The molecule has 0 radical (unpaired) electrons. The van der Waals surface area contributed by atoms with Gasteiger partial charge in [0.05, 0.1) is 13.2 Å². The summed E-state index contributed by atoms with van der Waals surface area (Å²) in [6.07, 6.45) is 13.9. The summed E-state index contributed by atoms with van der Waals surface area (Å²) in [4.78, 5) is 22.9. The Morgan fingerprint density at radius 2 is 1.48 bits per heavy atom. The number of amides is 1. The van der Waals surface area contributed by atoms with Crippen molar-refractivity contribution >= 4 is 11.9 Å². The Labute approximate surface area is 153 Å². The van der Waals surface area contributed by atoms with Crippen molar-refractivity contribution < 1.29 is 19.4 Å². The SMILES string of the molecule is C=CC(=O)NC(CCCCCCCCCCCCC)C(O)C(=O)OC. The van der Waals surface area contributed by atoms with Gasteiger partial charge in [-0.2, -0.15) is 0 Å². The third kappa shape index (κ3) is 12.6. The maximum absolute atomic E-state index is 11.5. The standard InChI is InChI=1S/C20H37NO4/c1-4-6-7-8-9-10-11-12-13-14-15-16-17(21-18(22)5-2)19(23)20(24)25-3/h5,17,19,23H,2,4,6-16H2,1,3H3,(H,21,22). The Kier molecular flexibility index (Phi) is 15.2. The third-order valence-corrected chi connectivity index (χ3v) is 4.46. The molecule has 0 saturated heterocycles. The Morgan fingerprint density at radius 3 is 1.92 bits per heavy atom. The highest BCUT2D eigenvalue weighted by Gasteiger charge is 2.27. The summed E-state index contributed by atoms with van der Waals surface area (Å²) in [6, 6.07) is -0.628. The molecule has 0 aromatic rings. The fraction of sp³-hybridized carbons (Fsp3) is 0.800. The van der Waals surface area contributed by atoms with Gasteiger partial charge in [0, 0.05) is 0 Å². The van der Waals surface area contributed by atoms with Crippen LogP contribution in [-0.2, 0) is 14.3 Å². The number of aliphatic hydroxyl groups is 1. The summed E-state index contributed by atoms with van der Waals surface area (Å²) >= 11 is 0. The minimum Gasteiger partial charge on any atom is -0.467 e. The Morgan fingerprint density at radius 1 is 1.00 bits per heavy atom. The van der Waals surface area contributed by atoms with Gasteiger partial charge in [-0.15, -0.1) is 0 Å². The fourth-order valence-corrected chi connectivity index (χ4v) is 2.86. The number of hydrogen-bond donors (Lipinski definition) is 2. The van der Waals surface area contributed by atoms with Crippen LogP contribution in [0.1, 0.15) is 84.0 Å². The normalized spacial score (nSPS) is 13.1. The number of nitrogens with one attached hydrogen (secondary N) is 1. The smallest absolute Gasteiger partial charge is 0.336 e. The number of esters is 1. The van der Waals surface area contributed by atoms with Gasteiger partial charge in [0.15, 0.2) is 6.10 Å². The average molecular weight is 356 g/mol. The van der Waals surface area contributed by atoms with Crippen LogP contribution in [0, 0.1) is 0 Å². The molecule has 0 spiro atoms. The molecule has 0 bridgehead atoms. The summed E-state index contributed by atoms with van der Waals surface area (Å²) < 4.78 is 4.55. The van der Waals surface area contributed by atoms with Crippen LogP contribution >= 0.6 is 0 Å². The van der Waals surface area contributed by atoms with E-state index in [1.54, 1.807) is 0 Å². The Hall–Kier alpha value is -1.36. The van der Waals surface area contributed by atoms with Gasteiger partial charge in [-0.05, 0) is 12.5 Å². The Balaban J connectivity index is 3.85. The van der Waals surface area contributed by atoms with Crippen molar-refractivity contribution in [3.63, 3.8) is 0 Å². The van der Waals surface area contributed by atoms with Gasteiger partial charge in [-0.3, -0.25) is 4.79 Å². The second-order valence-corrected chi connectivity index (χ2v) is 6.61. The summed E-state index contributed by atoms with van der Waals surface area (Å²) in [5, 5.41) is 12.6. The van der Waals surface area contributed by atoms with E-state index in [0.29, 0.717) is 6.42 Å². The van der Waals surface area contributed by atoms with Crippen molar-refractivity contribution in [1.29, 1.82) is 0 Å². The number of rotatable bonds is 16. The monoisotopic (exact) mass is 355 g/mol. The van der Waals surface area contributed by atoms with Gasteiger partial charge in [0.1, 0.15) is 0 Å². The topological polar surface area (TPSA) is 75.6 Å². The van der Waals surface area contributed by atoms with E-state index in [2.05, 4.69) is 23.6 Å². The first kappa shape index (κ1) is 23.6. The van der Waals surface area contributed by atoms with Gasteiger partial charge in [0.2, 0.25) is 5.91 Å².